The molecule has 0 radical (unpaired) electrons. The molecule has 2 amide bonds. The Bertz CT molecular complexity index is 156. The van der Waals surface area contributed by atoms with Crippen LogP contribution < -0.4 is 5.32 Å². The maximum atomic E-state index is 11.3. The van der Waals surface area contributed by atoms with Crippen molar-refractivity contribution in [3.8, 4) is 0 Å². The number of rotatable bonds is 1. The Balaban J connectivity index is 2.51. The Morgan fingerprint density at radius 3 is 2.73 bits per heavy atom. The van der Waals surface area contributed by atoms with Crippen LogP contribution in [0.5, 0.6) is 0 Å². The van der Waals surface area contributed by atoms with Gasteiger partial charge in [-0.1, -0.05) is 0 Å². The van der Waals surface area contributed by atoms with Crippen LogP contribution in [-0.2, 0) is 0 Å². The van der Waals surface area contributed by atoms with Crippen molar-refractivity contribution in [3.05, 3.63) is 0 Å². The number of carbonyl (C=O) groups is 1. The van der Waals surface area contributed by atoms with E-state index in [2.05, 4.69) is 5.32 Å². The molecule has 64 valence electrons. The van der Waals surface area contributed by atoms with Crippen molar-refractivity contribution in [2.45, 2.75) is 39.3 Å². The van der Waals surface area contributed by atoms with Crippen LogP contribution in [0.15, 0.2) is 0 Å². The average Bonchev–Trinajstić information content (AvgIpc) is 1.85. The molecule has 3 heteroatoms. The smallest absolute Gasteiger partial charge is 0.317 e. The first-order valence-electron chi connectivity index (χ1n) is 4.18. The summed E-state index contributed by atoms with van der Waals surface area (Å²) in [7, 11) is 0. The molecule has 0 aromatic rings. The fourth-order valence-electron chi connectivity index (χ4n) is 1.29. The summed E-state index contributed by atoms with van der Waals surface area (Å²) in [6.45, 7) is 7.01. The zero-order chi connectivity index (χ0) is 8.43. The van der Waals surface area contributed by atoms with Gasteiger partial charge in [0.1, 0.15) is 0 Å². The van der Waals surface area contributed by atoms with Gasteiger partial charge in [0.15, 0.2) is 0 Å². The summed E-state index contributed by atoms with van der Waals surface area (Å²) in [5.41, 5.74) is 0. The first-order valence-corrected chi connectivity index (χ1v) is 4.18. The molecule has 0 spiro atoms. The van der Waals surface area contributed by atoms with E-state index in [1.165, 1.54) is 0 Å². The lowest BCUT2D eigenvalue weighted by molar-refractivity contribution is 0.160. The maximum absolute atomic E-state index is 11.3. The predicted molar refractivity (Wildman–Crippen MR) is 44.5 cm³/mol. The normalized spacial score (nSPS) is 25.6. The number of amides is 2. The third kappa shape index (κ3) is 1.85. The maximum Gasteiger partial charge on any atom is 0.317 e. The Morgan fingerprint density at radius 2 is 2.27 bits per heavy atom. The quantitative estimate of drug-likeness (QED) is 0.608. The minimum absolute atomic E-state index is 0.0822. The highest BCUT2D eigenvalue weighted by Gasteiger charge is 2.23. The van der Waals surface area contributed by atoms with Gasteiger partial charge >= 0.3 is 6.03 Å². The minimum atomic E-state index is 0.0822. The third-order valence-electron chi connectivity index (χ3n) is 2.06. The molecule has 1 fully saturated rings. The Kier molecular flexibility index (Phi) is 2.37. The van der Waals surface area contributed by atoms with Crippen LogP contribution in [0.25, 0.3) is 0 Å². The highest BCUT2D eigenvalue weighted by molar-refractivity contribution is 5.75. The molecule has 1 aliphatic heterocycles. The fourth-order valence-corrected chi connectivity index (χ4v) is 1.29. The zero-order valence-corrected chi connectivity index (χ0v) is 7.42. The van der Waals surface area contributed by atoms with Gasteiger partial charge in [-0.05, 0) is 27.2 Å². The number of urea groups is 1. The van der Waals surface area contributed by atoms with E-state index in [4.69, 9.17) is 0 Å². The molecule has 11 heavy (non-hydrogen) atoms. The minimum Gasteiger partial charge on any atom is -0.335 e. The largest absolute Gasteiger partial charge is 0.335 e. The summed E-state index contributed by atoms with van der Waals surface area (Å²) >= 11 is 0. The van der Waals surface area contributed by atoms with E-state index >= 15 is 0 Å². The monoisotopic (exact) mass is 156 g/mol. The summed E-state index contributed by atoms with van der Waals surface area (Å²) in [6.07, 6.45) is 1.06. The highest BCUT2D eigenvalue weighted by Crippen LogP contribution is 2.08. The summed E-state index contributed by atoms with van der Waals surface area (Å²) in [5, 5.41) is 2.90. The van der Waals surface area contributed by atoms with E-state index in [0.717, 1.165) is 13.0 Å². The Hall–Kier alpha value is -0.730. The second-order valence-corrected chi connectivity index (χ2v) is 3.43. The van der Waals surface area contributed by atoms with Crippen molar-refractivity contribution < 1.29 is 4.79 Å². The zero-order valence-electron chi connectivity index (χ0n) is 7.42. The van der Waals surface area contributed by atoms with Crippen LogP contribution >= 0.6 is 0 Å². The molecule has 0 aliphatic carbocycles. The van der Waals surface area contributed by atoms with Gasteiger partial charge in [-0.15, -0.1) is 0 Å². The molecule has 0 saturated carbocycles. The SMILES string of the molecule is CC1CCN(C(C)C)C(=O)N1. The average molecular weight is 156 g/mol. The molecule has 0 aromatic carbocycles. The number of nitrogens with one attached hydrogen (secondary N) is 1. The van der Waals surface area contributed by atoms with Crippen molar-refractivity contribution >= 4 is 6.03 Å². The Morgan fingerprint density at radius 1 is 1.64 bits per heavy atom. The molecular weight excluding hydrogens is 140 g/mol. The van der Waals surface area contributed by atoms with Gasteiger partial charge in [-0.25, -0.2) is 4.79 Å². The summed E-state index contributed by atoms with van der Waals surface area (Å²) in [5.74, 6) is 0. The molecule has 0 aromatic heterocycles. The van der Waals surface area contributed by atoms with Gasteiger partial charge in [0, 0.05) is 18.6 Å². The van der Waals surface area contributed by atoms with Crippen LogP contribution in [0.4, 0.5) is 4.79 Å². The van der Waals surface area contributed by atoms with E-state index in [1.807, 2.05) is 25.7 Å². The van der Waals surface area contributed by atoms with Crippen LogP contribution in [-0.4, -0.2) is 29.6 Å². The first-order chi connectivity index (χ1) is 5.11. The number of carbonyl (C=O) groups excluding carboxylic acids is 1. The predicted octanol–water partition coefficient (Wildman–Crippen LogP) is 1.20. The van der Waals surface area contributed by atoms with Crippen molar-refractivity contribution in [2.75, 3.05) is 6.54 Å². The van der Waals surface area contributed by atoms with Gasteiger partial charge in [-0.3, -0.25) is 0 Å². The fraction of sp³-hybridized carbons (Fsp3) is 0.875. The van der Waals surface area contributed by atoms with Crippen LogP contribution in [0.3, 0.4) is 0 Å². The lowest BCUT2D eigenvalue weighted by Crippen LogP contribution is -2.52. The molecule has 1 N–H and O–H groups in total. The molecule has 1 saturated heterocycles. The number of hydrogen-bond acceptors (Lipinski definition) is 1. The van der Waals surface area contributed by atoms with Crippen molar-refractivity contribution in [2.24, 2.45) is 0 Å². The van der Waals surface area contributed by atoms with E-state index in [1.54, 1.807) is 0 Å². The molecule has 3 nitrogen and oxygen atoms in total. The molecule has 1 aliphatic rings. The van der Waals surface area contributed by atoms with E-state index in [0.29, 0.717) is 12.1 Å². The first kappa shape index (κ1) is 8.37. The topological polar surface area (TPSA) is 32.3 Å². The second kappa shape index (κ2) is 3.11. The molecule has 0 bridgehead atoms. The third-order valence-corrected chi connectivity index (χ3v) is 2.06. The van der Waals surface area contributed by atoms with Crippen molar-refractivity contribution in [1.29, 1.82) is 0 Å². The van der Waals surface area contributed by atoms with Gasteiger partial charge in [0.05, 0.1) is 0 Å². The van der Waals surface area contributed by atoms with Crippen molar-refractivity contribution in [1.82, 2.24) is 10.2 Å². The van der Waals surface area contributed by atoms with E-state index in [9.17, 15) is 4.79 Å². The van der Waals surface area contributed by atoms with Crippen LogP contribution in [0, 0.1) is 0 Å². The van der Waals surface area contributed by atoms with Gasteiger partial charge in [-0.2, -0.15) is 0 Å². The second-order valence-electron chi connectivity index (χ2n) is 3.43. The standard InChI is InChI=1S/C8H16N2O/c1-6(2)10-5-4-7(3)9-8(10)11/h6-7H,4-5H2,1-3H3,(H,9,11). The van der Waals surface area contributed by atoms with Gasteiger partial charge in [0.2, 0.25) is 0 Å². The molecule has 1 rings (SSSR count). The molecular formula is C8H16N2O. The number of hydrogen-bond donors (Lipinski definition) is 1. The lowest BCUT2D eigenvalue weighted by atomic mass is 10.1. The lowest BCUT2D eigenvalue weighted by Gasteiger charge is -2.34. The van der Waals surface area contributed by atoms with Gasteiger partial charge in [0.25, 0.3) is 0 Å². The summed E-state index contributed by atoms with van der Waals surface area (Å²) < 4.78 is 0. The van der Waals surface area contributed by atoms with Crippen LogP contribution in [0.2, 0.25) is 0 Å². The molecule has 1 atom stereocenters. The van der Waals surface area contributed by atoms with E-state index in [-0.39, 0.29) is 6.03 Å². The Labute approximate surface area is 67.8 Å². The van der Waals surface area contributed by atoms with Crippen molar-refractivity contribution in [3.63, 3.8) is 0 Å². The summed E-state index contributed by atoms with van der Waals surface area (Å²) in [6, 6.07) is 0.749. The van der Waals surface area contributed by atoms with E-state index < -0.39 is 0 Å². The number of nitrogens with zero attached hydrogens (tertiary/aromatic N) is 1. The summed E-state index contributed by atoms with van der Waals surface area (Å²) in [4.78, 5) is 13.1. The van der Waals surface area contributed by atoms with Gasteiger partial charge < -0.3 is 10.2 Å². The van der Waals surface area contributed by atoms with Crippen LogP contribution in [0.1, 0.15) is 27.2 Å². The molecule has 1 unspecified atom stereocenters. The highest BCUT2D eigenvalue weighted by atomic mass is 16.2. The molecule has 1 heterocycles.